The van der Waals surface area contributed by atoms with Crippen LogP contribution in [0.4, 0.5) is 0 Å². The Morgan fingerprint density at radius 3 is 2.44 bits per heavy atom. The van der Waals surface area contributed by atoms with Crippen LogP contribution in [-0.2, 0) is 23.7 Å². The van der Waals surface area contributed by atoms with Gasteiger partial charge in [0.05, 0.1) is 31.0 Å². The fraction of sp³-hybridized carbons (Fsp3) is 0.875. The Balaban J connectivity index is 2.50. The van der Waals surface area contributed by atoms with Gasteiger partial charge in [-0.1, -0.05) is 32.4 Å². The van der Waals surface area contributed by atoms with Gasteiger partial charge in [0.2, 0.25) is 0 Å². The molecule has 0 bridgehead atoms. The SMILES string of the molecule is C=C1CC(C(O)C(=O)NC(CCCC(CC)C(O)CC(COC)OC)OC)OC(C)C1C. The molecule has 8 unspecified atom stereocenters. The molecule has 3 N–H and O–H groups in total. The summed E-state index contributed by atoms with van der Waals surface area (Å²) in [5, 5.41) is 23.9. The zero-order valence-electron chi connectivity index (χ0n) is 20.7. The predicted octanol–water partition coefficient (Wildman–Crippen LogP) is 2.41. The lowest BCUT2D eigenvalue weighted by atomic mass is 9.88. The third-order valence-electron chi connectivity index (χ3n) is 6.71. The molecule has 8 heteroatoms. The molecule has 8 nitrogen and oxygen atoms in total. The Morgan fingerprint density at radius 2 is 1.91 bits per heavy atom. The molecule has 1 aliphatic heterocycles. The molecule has 32 heavy (non-hydrogen) atoms. The summed E-state index contributed by atoms with van der Waals surface area (Å²) in [4.78, 5) is 12.6. The number of hydrogen-bond donors (Lipinski definition) is 3. The molecule has 0 radical (unpaired) electrons. The molecule has 1 heterocycles. The lowest BCUT2D eigenvalue weighted by Crippen LogP contribution is -2.50. The van der Waals surface area contributed by atoms with Gasteiger partial charge in [0, 0.05) is 33.7 Å². The van der Waals surface area contributed by atoms with Crippen molar-refractivity contribution in [2.24, 2.45) is 11.8 Å². The highest BCUT2D eigenvalue weighted by molar-refractivity contribution is 5.81. The van der Waals surface area contributed by atoms with Crippen molar-refractivity contribution in [1.82, 2.24) is 5.32 Å². The maximum atomic E-state index is 12.6. The number of hydrogen-bond acceptors (Lipinski definition) is 7. The Bertz CT molecular complexity index is 558. The molecule has 0 aromatic rings. The molecule has 1 aliphatic rings. The fourth-order valence-electron chi connectivity index (χ4n) is 4.18. The van der Waals surface area contributed by atoms with Crippen molar-refractivity contribution < 1.29 is 34.0 Å². The first kappa shape index (κ1) is 29.0. The van der Waals surface area contributed by atoms with Gasteiger partial charge in [0.15, 0.2) is 6.10 Å². The number of rotatable bonds is 15. The van der Waals surface area contributed by atoms with E-state index in [-0.39, 0.29) is 24.0 Å². The number of aliphatic hydroxyl groups excluding tert-OH is 2. The highest BCUT2D eigenvalue weighted by Crippen LogP contribution is 2.30. The quantitative estimate of drug-likeness (QED) is 0.255. The second-order valence-corrected chi connectivity index (χ2v) is 8.92. The lowest BCUT2D eigenvalue weighted by molar-refractivity contribution is -0.150. The predicted molar refractivity (Wildman–Crippen MR) is 123 cm³/mol. The lowest BCUT2D eigenvalue weighted by Gasteiger charge is -2.36. The molecule has 0 spiro atoms. The number of carbonyl (C=O) groups is 1. The van der Waals surface area contributed by atoms with E-state index in [1.807, 2.05) is 13.8 Å². The van der Waals surface area contributed by atoms with Crippen molar-refractivity contribution in [3.05, 3.63) is 12.2 Å². The summed E-state index contributed by atoms with van der Waals surface area (Å²) < 4.78 is 21.7. The van der Waals surface area contributed by atoms with E-state index < -0.39 is 30.4 Å². The van der Waals surface area contributed by atoms with Gasteiger partial charge in [0.1, 0.15) is 6.23 Å². The molecule has 1 rings (SSSR count). The Hall–Kier alpha value is -1.03. The average Bonchev–Trinajstić information content (AvgIpc) is 2.77. The summed E-state index contributed by atoms with van der Waals surface area (Å²) in [5.74, 6) is -0.192. The van der Waals surface area contributed by atoms with Crippen LogP contribution >= 0.6 is 0 Å². The Labute approximate surface area is 193 Å². The highest BCUT2D eigenvalue weighted by atomic mass is 16.5. The van der Waals surface area contributed by atoms with Crippen LogP contribution in [0.5, 0.6) is 0 Å². The molecule has 0 aromatic carbocycles. The molecule has 0 saturated carbocycles. The molecule has 0 aliphatic carbocycles. The fourth-order valence-corrected chi connectivity index (χ4v) is 4.18. The standard InChI is InChI=1S/C24H45NO7/c1-8-18(20(26)13-19(30-6)14-29-5)10-9-11-22(31-7)25-24(28)23(27)21-12-15(2)16(3)17(4)32-21/h16-23,26-27H,2,8-14H2,1,3-7H3,(H,25,28). The second kappa shape index (κ2) is 15.0. The van der Waals surface area contributed by atoms with Gasteiger partial charge in [-0.15, -0.1) is 0 Å². The van der Waals surface area contributed by atoms with Gasteiger partial charge in [-0.05, 0) is 38.5 Å². The van der Waals surface area contributed by atoms with Crippen LogP contribution in [0.25, 0.3) is 0 Å². The number of aliphatic hydroxyl groups is 2. The smallest absolute Gasteiger partial charge is 0.253 e. The minimum absolute atomic E-state index is 0.0964. The van der Waals surface area contributed by atoms with Gasteiger partial charge >= 0.3 is 0 Å². The summed E-state index contributed by atoms with van der Waals surface area (Å²) in [7, 11) is 4.76. The third-order valence-corrected chi connectivity index (χ3v) is 6.71. The number of amides is 1. The summed E-state index contributed by atoms with van der Waals surface area (Å²) in [5.41, 5.74) is 0.981. The summed E-state index contributed by atoms with van der Waals surface area (Å²) in [6.07, 6.45) is 0.820. The van der Waals surface area contributed by atoms with Gasteiger partial charge in [-0.25, -0.2) is 0 Å². The highest BCUT2D eigenvalue weighted by Gasteiger charge is 2.36. The van der Waals surface area contributed by atoms with Crippen molar-refractivity contribution in [1.29, 1.82) is 0 Å². The van der Waals surface area contributed by atoms with Gasteiger partial charge in [-0.3, -0.25) is 4.79 Å². The second-order valence-electron chi connectivity index (χ2n) is 8.92. The van der Waals surface area contributed by atoms with Crippen LogP contribution in [0.2, 0.25) is 0 Å². The van der Waals surface area contributed by atoms with Gasteiger partial charge in [-0.2, -0.15) is 0 Å². The Morgan fingerprint density at radius 1 is 1.22 bits per heavy atom. The zero-order valence-corrected chi connectivity index (χ0v) is 20.7. The van der Waals surface area contributed by atoms with Gasteiger partial charge in [0.25, 0.3) is 5.91 Å². The van der Waals surface area contributed by atoms with Gasteiger partial charge < -0.3 is 34.5 Å². The van der Waals surface area contributed by atoms with Crippen LogP contribution in [0, 0.1) is 11.8 Å². The zero-order chi connectivity index (χ0) is 24.3. The summed E-state index contributed by atoms with van der Waals surface area (Å²) >= 11 is 0. The monoisotopic (exact) mass is 459 g/mol. The molecule has 1 amide bonds. The number of nitrogens with one attached hydrogen (secondary N) is 1. The number of methoxy groups -OCH3 is 3. The van der Waals surface area contributed by atoms with E-state index in [2.05, 4.69) is 18.8 Å². The number of carbonyl (C=O) groups excluding carboxylic acids is 1. The first-order valence-electron chi connectivity index (χ1n) is 11.7. The minimum Gasteiger partial charge on any atom is -0.393 e. The van der Waals surface area contributed by atoms with E-state index in [1.54, 1.807) is 14.2 Å². The first-order chi connectivity index (χ1) is 15.2. The first-order valence-corrected chi connectivity index (χ1v) is 11.7. The van der Waals surface area contributed by atoms with Crippen LogP contribution in [0.3, 0.4) is 0 Å². The minimum atomic E-state index is -1.28. The third kappa shape index (κ3) is 9.08. The summed E-state index contributed by atoms with van der Waals surface area (Å²) in [6.45, 7) is 10.5. The maximum Gasteiger partial charge on any atom is 0.253 e. The summed E-state index contributed by atoms with van der Waals surface area (Å²) in [6, 6.07) is 0. The van der Waals surface area contributed by atoms with Crippen LogP contribution in [0.15, 0.2) is 12.2 Å². The molecular formula is C24H45NO7. The number of ether oxygens (including phenoxy) is 4. The molecule has 188 valence electrons. The van der Waals surface area contributed by atoms with Crippen molar-refractivity contribution in [3.8, 4) is 0 Å². The van der Waals surface area contributed by atoms with Crippen molar-refractivity contribution in [2.45, 2.75) is 96.0 Å². The van der Waals surface area contributed by atoms with Crippen LogP contribution in [-0.4, -0.2) is 80.8 Å². The van der Waals surface area contributed by atoms with E-state index in [4.69, 9.17) is 18.9 Å². The van der Waals surface area contributed by atoms with Crippen molar-refractivity contribution in [2.75, 3.05) is 27.9 Å². The normalized spacial score (nSPS) is 26.2. The topological polar surface area (TPSA) is 106 Å². The van der Waals surface area contributed by atoms with E-state index in [9.17, 15) is 15.0 Å². The molecular weight excluding hydrogens is 414 g/mol. The largest absolute Gasteiger partial charge is 0.393 e. The maximum absolute atomic E-state index is 12.6. The van der Waals surface area contributed by atoms with Crippen molar-refractivity contribution >= 4 is 5.91 Å². The molecule has 1 fully saturated rings. The van der Waals surface area contributed by atoms with E-state index in [0.717, 1.165) is 24.8 Å². The molecule has 0 aromatic heterocycles. The van der Waals surface area contributed by atoms with E-state index in [1.165, 1.54) is 7.11 Å². The van der Waals surface area contributed by atoms with Crippen LogP contribution in [0.1, 0.15) is 59.3 Å². The van der Waals surface area contributed by atoms with E-state index in [0.29, 0.717) is 25.9 Å². The molecule has 8 atom stereocenters. The van der Waals surface area contributed by atoms with Crippen molar-refractivity contribution in [3.63, 3.8) is 0 Å². The average molecular weight is 460 g/mol. The molecule has 1 saturated heterocycles. The van der Waals surface area contributed by atoms with E-state index >= 15 is 0 Å². The van der Waals surface area contributed by atoms with Crippen LogP contribution < -0.4 is 5.32 Å². The Kier molecular flexibility index (Phi) is 13.6.